The minimum absolute atomic E-state index is 0.396. The number of halogens is 3. The predicted molar refractivity (Wildman–Crippen MR) is 105 cm³/mol. The molecule has 0 aliphatic carbocycles. The Balaban J connectivity index is 1.48. The second-order valence-corrected chi connectivity index (χ2v) is 6.76. The molecule has 3 rings (SSSR count). The number of nitrogens with zero attached hydrogens (tertiary/aromatic N) is 1. The first-order valence-corrected chi connectivity index (χ1v) is 9.42. The van der Waals surface area contributed by atoms with Gasteiger partial charge in [0.05, 0.1) is 12.2 Å². The van der Waals surface area contributed by atoms with Gasteiger partial charge in [0.1, 0.15) is 23.5 Å². The Morgan fingerprint density at radius 1 is 1.13 bits per heavy atom. The molecule has 0 fully saturated rings. The molecule has 0 radical (unpaired) electrons. The van der Waals surface area contributed by atoms with Gasteiger partial charge in [0.2, 0.25) is 0 Å². The summed E-state index contributed by atoms with van der Waals surface area (Å²) in [5, 5.41) is 8.66. The van der Waals surface area contributed by atoms with Crippen LogP contribution in [-0.2, 0) is 17.4 Å². The Hall–Kier alpha value is -3.49. The van der Waals surface area contributed by atoms with Gasteiger partial charge in [-0.2, -0.15) is 13.2 Å². The topological polar surface area (TPSA) is 81.8 Å². The summed E-state index contributed by atoms with van der Waals surface area (Å²) in [6.07, 6.45) is -1.85. The highest BCUT2D eigenvalue weighted by atomic mass is 19.4. The van der Waals surface area contributed by atoms with Gasteiger partial charge in [0.15, 0.2) is 12.5 Å². The van der Waals surface area contributed by atoms with Crippen LogP contribution in [0.2, 0.25) is 0 Å². The Morgan fingerprint density at radius 3 is 2.52 bits per heavy atom. The number of carboxylic acid groups (broad SMARTS) is 1. The van der Waals surface area contributed by atoms with E-state index in [1.165, 1.54) is 18.4 Å². The second kappa shape index (κ2) is 9.55. The lowest BCUT2D eigenvalue weighted by Gasteiger charge is -2.10. The van der Waals surface area contributed by atoms with Gasteiger partial charge in [-0.1, -0.05) is 12.1 Å². The number of aliphatic carboxylic acids is 1. The number of hydrogen-bond donors (Lipinski definition) is 1. The largest absolute Gasteiger partial charge is 0.494 e. The van der Waals surface area contributed by atoms with E-state index >= 15 is 0 Å². The van der Waals surface area contributed by atoms with Crippen molar-refractivity contribution in [1.29, 1.82) is 0 Å². The number of aromatic nitrogens is 1. The van der Waals surface area contributed by atoms with Crippen LogP contribution in [-0.4, -0.2) is 29.3 Å². The van der Waals surface area contributed by atoms with Gasteiger partial charge in [0, 0.05) is 12.0 Å². The third-order valence-corrected chi connectivity index (χ3v) is 4.36. The average molecular weight is 435 g/mol. The molecule has 0 unspecified atom stereocenters. The third kappa shape index (κ3) is 6.24. The standard InChI is InChI=1S/C22H20F3NO5/c1-14-11-17(8-9-19(14)30-13-21(27)28)29-10-2-3-20-26-18(12-31-20)15-4-6-16(7-5-15)22(23,24)25/h4-9,11-12H,2-3,10,13H2,1H3,(H,27,28). The Bertz CT molecular complexity index is 1030. The first-order valence-electron chi connectivity index (χ1n) is 9.42. The van der Waals surface area contributed by atoms with Crippen LogP contribution in [0.25, 0.3) is 11.3 Å². The van der Waals surface area contributed by atoms with Crippen LogP contribution in [0, 0.1) is 6.92 Å². The quantitative estimate of drug-likeness (QED) is 0.469. The number of alkyl halides is 3. The number of carboxylic acids is 1. The molecule has 0 spiro atoms. The molecule has 1 aromatic heterocycles. The van der Waals surface area contributed by atoms with Crippen molar-refractivity contribution >= 4 is 5.97 Å². The van der Waals surface area contributed by atoms with Gasteiger partial charge in [-0.25, -0.2) is 9.78 Å². The molecule has 9 heteroatoms. The number of benzene rings is 2. The molecular weight excluding hydrogens is 415 g/mol. The van der Waals surface area contributed by atoms with Crippen molar-refractivity contribution in [3.63, 3.8) is 0 Å². The molecule has 6 nitrogen and oxygen atoms in total. The van der Waals surface area contributed by atoms with Crippen molar-refractivity contribution in [3.05, 3.63) is 65.7 Å². The van der Waals surface area contributed by atoms with Crippen LogP contribution < -0.4 is 9.47 Å². The zero-order valence-electron chi connectivity index (χ0n) is 16.6. The van der Waals surface area contributed by atoms with Crippen LogP contribution >= 0.6 is 0 Å². The number of ether oxygens (including phenoxy) is 2. The molecule has 1 heterocycles. The predicted octanol–water partition coefficient (Wildman–Crippen LogP) is 5.14. The lowest BCUT2D eigenvalue weighted by atomic mass is 10.1. The molecule has 164 valence electrons. The van der Waals surface area contributed by atoms with E-state index < -0.39 is 24.3 Å². The van der Waals surface area contributed by atoms with Crippen LogP contribution in [0.1, 0.15) is 23.4 Å². The summed E-state index contributed by atoms with van der Waals surface area (Å²) in [6.45, 7) is 1.78. The van der Waals surface area contributed by atoms with E-state index in [1.807, 2.05) is 0 Å². The third-order valence-electron chi connectivity index (χ3n) is 4.36. The lowest BCUT2D eigenvalue weighted by Crippen LogP contribution is -2.10. The van der Waals surface area contributed by atoms with Gasteiger partial charge < -0.3 is 19.0 Å². The molecule has 0 saturated heterocycles. The van der Waals surface area contributed by atoms with Crippen molar-refractivity contribution in [2.75, 3.05) is 13.2 Å². The minimum atomic E-state index is -4.38. The van der Waals surface area contributed by atoms with E-state index in [1.54, 1.807) is 25.1 Å². The van der Waals surface area contributed by atoms with E-state index in [2.05, 4.69) is 4.98 Å². The lowest BCUT2D eigenvalue weighted by molar-refractivity contribution is -0.139. The van der Waals surface area contributed by atoms with Crippen LogP contribution in [0.3, 0.4) is 0 Å². The molecule has 3 aromatic rings. The first kappa shape index (κ1) is 22.2. The molecule has 0 atom stereocenters. The first-order chi connectivity index (χ1) is 14.7. The molecule has 0 aliphatic heterocycles. The van der Waals surface area contributed by atoms with E-state index in [9.17, 15) is 18.0 Å². The summed E-state index contributed by atoms with van der Waals surface area (Å²) in [5.74, 6) is 0.517. The Morgan fingerprint density at radius 2 is 1.87 bits per heavy atom. The second-order valence-electron chi connectivity index (χ2n) is 6.76. The smallest absolute Gasteiger partial charge is 0.416 e. The molecule has 31 heavy (non-hydrogen) atoms. The molecule has 0 amide bonds. The van der Waals surface area contributed by atoms with E-state index in [0.29, 0.717) is 48.1 Å². The number of carbonyl (C=O) groups is 1. The van der Waals surface area contributed by atoms with Crippen LogP contribution in [0.4, 0.5) is 13.2 Å². The summed E-state index contributed by atoms with van der Waals surface area (Å²) in [4.78, 5) is 14.9. The number of hydrogen-bond acceptors (Lipinski definition) is 5. The molecule has 1 N–H and O–H groups in total. The maximum atomic E-state index is 12.7. The van der Waals surface area contributed by atoms with Gasteiger partial charge in [-0.3, -0.25) is 0 Å². The SMILES string of the molecule is Cc1cc(OCCCc2nc(-c3ccc(C(F)(F)F)cc3)co2)ccc1OCC(=O)O. The molecule has 0 aliphatic rings. The summed E-state index contributed by atoms with van der Waals surface area (Å²) in [6, 6.07) is 9.84. The van der Waals surface area contributed by atoms with Crippen molar-refractivity contribution < 1.29 is 37.0 Å². The fourth-order valence-corrected chi connectivity index (χ4v) is 2.81. The van der Waals surface area contributed by atoms with Crippen LogP contribution in [0.15, 0.2) is 53.1 Å². The highest BCUT2D eigenvalue weighted by molar-refractivity contribution is 5.68. The Kier molecular flexibility index (Phi) is 6.84. The van der Waals surface area contributed by atoms with E-state index in [-0.39, 0.29) is 0 Å². The monoisotopic (exact) mass is 435 g/mol. The van der Waals surface area contributed by atoms with Crippen molar-refractivity contribution in [2.45, 2.75) is 25.9 Å². The van der Waals surface area contributed by atoms with Crippen LogP contribution in [0.5, 0.6) is 11.5 Å². The summed E-state index contributed by atoms with van der Waals surface area (Å²) >= 11 is 0. The van der Waals surface area contributed by atoms with Gasteiger partial charge in [0.25, 0.3) is 0 Å². The highest BCUT2D eigenvalue weighted by Gasteiger charge is 2.30. The van der Waals surface area contributed by atoms with E-state index in [0.717, 1.165) is 17.7 Å². The summed E-state index contributed by atoms with van der Waals surface area (Å²) in [5.41, 5.74) is 1.05. The fraction of sp³-hybridized carbons (Fsp3) is 0.273. The summed E-state index contributed by atoms with van der Waals surface area (Å²) in [7, 11) is 0. The molecule has 0 saturated carbocycles. The fourth-order valence-electron chi connectivity index (χ4n) is 2.81. The normalized spacial score (nSPS) is 11.4. The number of rotatable bonds is 9. The molecule has 2 aromatic carbocycles. The Labute approximate surface area is 176 Å². The van der Waals surface area contributed by atoms with Crippen molar-refractivity contribution in [2.24, 2.45) is 0 Å². The number of aryl methyl sites for hydroxylation is 2. The molecule has 0 bridgehead atoms. The maximum Gasteiger partial charge on any atom is 0.416 e. The van der Waals surface area contributed by atoms with Gasteiger partial charge in [-0.05, 0) is 49.2 Å². The van der Waals surface area contributed by atoms with Crippen molar-refractivity contribution in [3.8, 4) is 22.8 Å². The highest BCUT2D eigenvalue weighted by Crippen LogP contribution is 2.31. The van der Waals surface area contributed by atoms with E-state index in [4.69, 9.17) is 19.0 Å². The van der Waals surface area contributed by atoms with Gasteiger partial charge in [-0.15, -0.1) is 0 Å². The zero-order valence-corrected chi connectivity index (χ0v) is 16.6. The summed E-state index contributed by atoms with van der Waals surface area (Å²) < 4.78 is 54.2. The average Bonchev–Trinajstić information content (AvgIpc) is 3.19. The minimum Gasteiger partial charge on any atom is -0.494 e. The van der Waals surface area contributed by atoms with Crippen molar-refractivity contribution in [1.82, 2.24) is 4.98 Å². The number of oxazole rings is 1. The maximum absolute atomic E-state index is 12.7. The zero-order chi connectivity index (χ0) is 22.4. The molecular formula is C22H20F3NO5. The van der Waals surface area contributed by atoms with Gasteiger partial charge >= 0.3 is 12.1 Å².